The number of carbonyl (C=O) groups is 3. The van der Waals surface area contributed by atoms with Gasteiger partial charge in [0.2, 0.25) is 11.8 Å². The van der Waals surface area contributed by atoms with Crippen LogP contribution in [0.15, 0.2) is 42.5 Å². The molecule has 2 aromatic carbocycles. The predicted molar refractivity (Wildman–Crippen MR) is 134 cm³/mol. The summed E-state index contributed by atoms with van der Waals surface area (Å²) in [6, 6.07) is 12.8. The number of methoxy groups -OCH3 is 1. The highest BCUT2D eigenvalue weighted by atomic mass is 16.6. The fraction of sp³-hybridized carbons (Fsp3) is 0.423. The molecule has 0 aromatic heterocycles. The van der Waals surface area contributed by atoms with Crippen LogP contribution in [0.3, 0.4) is 0 Å². The summed E-state index contributed by atoms with van der Waals surface area (Å²) in [5, 5.41) is 8.02. The van der Waals surface area contributed by atoms with E-state index in [4.69, 9.17) is 14.2 Å². The van der Waals surface area contributed by atoms with E-state index >= 15 is 0 Å². The molecule has 0 fully saturated rings. The van der Waals surface area contributed by atoms with Crippen LogP contribution in [0.5, 0.6) is 11.5 Å². The molecule has 0 aliphatic heterocycles. The Morgan fingerprint density at radius 1 is 0.914 bits per heavy atom. The quantitative estimate of drug-likeness (QED) is 0.446. The summed E-state index contributed by atoms with van der Waals surface area (Å²) in [5.74, 6) is 0.845. The number of rotatable bonds is 11. The van der Waals surface area contributed by atoms with Crippen LogP contribution in [0.1, 0.15) is 45.2 Å². The molecular formula is C26H35N3O6. The Labute approximate surface area is 206 Å². The number of anilines is 1. The second kappa shape index (κ2) is 13.2. The van der Waals surface area contributed by atoms with Gasteiger partial charge in [0.15, 0.2) is 11.5 Å². The van der Waals surface area contributed by atoms with Crippen molar-refractivity contribution in [1.82, 2.24) is 10.6 Å². The molecule has 9 nitrogen and oxygen atoms in total. The number of benzene rings is 2. The van der Waals surface area contributed by atoms with Crippen LogP contribution < -0.4 is 25.4 Å². The van der Waals surface area contributed by atoms with E-state index in [1.165, 1.54) is 0 Å². The van der Waals surface area contributed by atoms with E-state index in [1.807, 2.05) is 31.2 Å². The lowest BCUT2D eigenvalue weighted by molar-refractivity contribution is -0.121. The van der Waals surface area contributed by atoms with E-state index in [2.05, 4.69) is 16.0 Å². The number of aryl methyl sites for hydroxylation is 1. The minimum Gasteiger partial charge on any atom is -0.493 e. The zero-order valence-corrected chi connectivity index (χ0v) is 21.0. The predicted octanol–water partition coefficient (Wildman–Crippen LogP) is 3.81. The SMILES string of the molecule is CCOc1ccc(CCC(=O)NCc2cccc(NC(=O)CNC(=O)OC(C)(C)C)c2)cc1OC. The maximum Gasteiger partial charge on any atom is 0.408 e. The van der Waals surface area contributed by atoms with Crippen molar-refractivity contribution in [2.24, 2.45) is 0 Å². The first-order valence-electron chi connectivity index (χ1n) is 11.5. The zero-order valence-electron chi connectivity index (χ0n) is 21.0. The molecule has 0 atom stereocenters. The number of hydrogen-bond donors (Lipinski definition) is 3. The smallest absolute Gasteiger partial charge is 0.408 e. The van der Waals surface area contributed by atoms with Gasteiger partial charge in [-0.3, -0.25) is 9.59 Å². The average Bonchev–Trinajstić information content (AvgIpc) is 2.80. The highest BCUT2D eigenvalue weighted by Crippen LogP contribution is 2.28. The maximum atomic E-state index is 12.3. The fourth-order valence-electron chi connectivity index (χ4n) is 3.12. The number of amides is 3. The summed E-state index contributed by atoms with van der Waals surface area (Å²) in [7, 11) is 1.59. The van der Waals surface area contributed by atoms with Gasteiger partial charge in [-0.15, -0.1) is 0 Å². The van der Waals surface area contributed by atoms with E-state index in [1.54, 1.807) is 46.1 Å². The fourth-order valence-corrected chi connectivity index (χ4v) is 3.12. The number of nitrogens with one attached hydrogen (secondary N) is 3. The third-order valence-corrected chi connectivity index (χ3v) is 4.66. The second-order valence-corrected chi connectivity index (χ2v) is 8.80. The van der Waals surface area contributed by atoms with Gasteiger partial charge in [0.1, 0.15) is 12.1 Å². The van der Waals surface area contributed by atoms with Crippen LogP contribution in [0.4, 0.5) is 10.5 Å². The van der Waals surface area contributed by atoms with Crippen molar-refractivity contribution in [1.29, 1.82) is 0 Å². The number of ether oxygens (including phenoxy) is 3. The molecule has 2 aromatic rings. The minimum absolute atomic E-state index is 0.0890. The Hall–Kier alpha value is -3.75. The third kappa shape index (κ3) is 10.4. The van der Waals surface area contributed by atoms with Gasteiger partial charge in [-0.1, -0.05) is 18.2 Å². The molecule has 0 spiro atoms. The summed E-state index contributed by atoms with van der Waals surface area (Å²) in [6.07, 6.45) is 0.229. The van der Waals surface area contributed by atoms with E-state index < -0.39 is 11.7 Å². The standard InChI is InChI=1S/C26H35N3O6/c1-6-34-21-12-10-18(15-22(21)33-5)11-13-23(30)27-16-19-8-7-9-20(14-19)29-24(31)17-28-25(32)35-26(2,3)4/h7-10,12,14-15H,6,11,13,16-17H2,1-5H3,(H,27,30)(H,28,32)(H,29,31). The molecule has 0 aliphatic carbocycles. The Bertz CT molecular complexity index is 1020. The van der Waals surface area contributed by atoms with Crippen LogP contribution in [-0.4, -0.2) is 43.8 Å². The van der Waals surface area contributed by atoms with Gasteiger partial charge in [0.05, 0.1) is 13.7 Å². The van der Waals surface area contributed by atoms with Crippen LogP contribution in [0.25, 0.3) is 0 Å². The van der Waals surface area contributed by atoms with E-state index in [9.17, 15) is 14.4 Å². The van der Waals surface area contributed by atoms with Crippen LogP contribution in [-0.2, 0) is 27.3 Å². The lowest BCUT2D eigenvalue weighted by atomic mass is 10.1. The summed E-state index contributed by atoms with van der Waals surface area (Å²) in [6.45, 7) is 7.80. The molecule has 0 saturated heterocycles. The lowest BCUT2D eigenvalue weighted by Gasteiger charge is -2.19. The Morgan fingerprint density at radius 2 is 1.69 bits per heavy atom. The molecule has 2 rings (SSSR count). The van der Waals surface area contributed by atoms with Crippen molar-refractivity contribution in [3.63, 3.8) is 0 Å². The molecule has 0 heterocycles. The van der Waals surface area contributed by atoms with E-state index in [0.717, 1.165) is 11.1 Å². The van der Waals surface area contributed by atoms with E-state index in [-0.39, 0.29) is 18.4 Å². The monoisotopic (exact) mass is 485 g/mol. The molecule has 0 bridgehead atoms. The van der Waals surface area contributed by atoms with Crippen molar-refractivity contribution in [2.75, 3.05) is 25.6 Å². The first kappa shape index (κ1) is 27.5. The van der Waals surface area contributed by atoms with Crippen molar-refractivity contribution in [3.8, 4) is 11.5 Å². The van der Waals surface area contributed by atoms with Crippen molar-refractivity contribution < 1.29 is 28.6 Å². The normalized spacial score (nSPS) is 10.8. The average molecular weight is 486 g/mol. The van der Waals surface area contributed by atoms with Gasteiger partial charge < -0.3 is 30.2 Å². The zero-order chi connectivity index (χ0) is 25.8. The molecule has 0 unspecified atom stereocenters. The number of carbonyl (C=O) groups excluding carboxylic acids is 3. The Kier molecular flexibility index (Phi) is 10.4. The van der Waals surface area contributed by atoms with Gasteiger partial charge in [0, 0.05) is 18.7 Å². The van der Waals surface area contributed by atoms with Gasteiger partial charge in [-0.05, 0) is 69.5 Å². The summed E-state index contributed by atoms with van der Waals surface area (Å²) < 4.78 is 16.0. The van der Waals surface area contributed by atoms with Crippen molar-refractivity contribution in [3.05, 3.63) is 53.6 Å². The van der Waals surface area contributed by atoms with Gasteiger partial charge in [-0.25, -0.2) is 4.79 Å². The maximum absolute atomic E-state index is 12.3. The van der Waals surface area contributed by atoms with Gasteiger partial charge in [0.25, 0.3) is 0 Å². The van der Waals surface area contributed by atoms with Crippen LogP contribution >= 0.6 is 0 Å². The molecular weight excluding hydrogens is 450 g/mol. The molecule has 0 radical (unpaired) electrons. The van der Waals surface area contributed by atoms with Gasteiger partial charge in [-0.2, -0.15) is 0 Å². The molecule has 9 heteroatoms. The van der Waals surface area contributed by atoms with Crippen molar-refractivity contribution >= 4 is 23.6 Å². The minimum atomic E-state index is -0.659. The Morgan fingerprint density at radius 3 is 2.37 bits per heavy atom. The second-order valence-electron chi connectivity index (χ2n) is 8.80. The molecule has 190 valence electrons. The topological polar surface area (TPSA) is 115 Å². The third-order valence-electron chi connectivity index (χ3n) is 4.66. The number of hydrogen-bond acceptors (Lipinski definition) is 6. The molecule has 3 N–H and O–H groups in total. The molecule has 0 aliphatic rings. The highest BCUT2D eigenvalue weighted by Gasteiger charge is 2.16. The summed E-state index contributed by atoms with van der Waals surface area (Å²) in [4.78, 5) is 36.1. The molecule has 35 heavy (non-hydrogen) atoms. The first-order valence-corrected chi connectivity index (χ1v) is 11.5. The Balaban J connectivity index is 1.79. The number of alkyl carbamates (subject to hydrolysis) is 1. The van der Waals surface area contributed by atoms with Gasteiger partial charge >= 0.3 is 6.09 Å². The molecule has 3 amide bonds. The molecule has 0 saturated carbocycles. The largest absolute Gasteiger partial charge is 0.493 e. The first-order chi connectivity index (χ1) is 16.6. The summed E-state index contributed by atoms with van der Waals surface area (Å²) >= 11 is 0. The lowest BCUT2D eigenvalue weighted by Crippen LogP contribution is -2.37. The van der Waals surface area contributed by atoms with E-state index in [0.29, 0.717) is 43.2 Å². The van der Waals surface area contributed by atoms with Crippen LogP contribution in [0, 0.1) is 0 Å². The van der Waals surface area contributed by atoms with Crippen molar-refractivity contribution in [2.45, 2.75) is 52.7 Å². The highest BCUT2D eigenvalue weighted by molar-refractivity contribution is 5.93. The summed E-state index contributed by atoms with van der Waals surface area (Å²) in [5.41, 5.74) is 1.74. The van der Waals surface area contributed by atoms with Crippen LogP contribution in [0.2, 0.25) is 0 Å².